The van der Waals surface area contributed by atoms with Crippen molar-refractivity contribution in [2.45, 2.75) is 39.7 Å². The van der Waals surface area contributed by atoms with Crippen molar-refractivity contribution >= 4 is 5.97 Å². The Hall–Kier alpha value is -1.35. The Bertz CT molecular complexity index is 415. The van der Waals surface area contributed by atoms with Crippen LogP contribution in [0.2, 0.25) is 0 Å². The van der Waals surface area contributed by atoms with E-state index in [-0.39, 0.29) is 11.9 Å². The van der Waals surface area contributed by atoms with Gasteiger partial charge in [-0.2, -0.15) is 0 Å². The highest BCUT2D eigenvalue weighted by Crippen LogP contribution is 2.29. The van der Waals surface area contributed by atoms with Crippen LogP contribution in [0.15, 0.2) is 24.3 Å². The van der Waals surface area contributed by atoms with E-state index in [9.17, 15) is 4.79 Å². The highest BCUT2D eigenvalue weighted by atomic mass is 16.5. The molecule has 0 fully saturated rings. The van der Waals surface area contributed by atoms with Crippen molar-refractivity contribution in [2.24, 2.45) is 11.7 Å². The summed E-state index contributed by atoms with van der Waals surface area (Å²) in [5.74, 6) is -0.378. The van der Waals surface area contributed by atoms with Crippen LogP contribution in [-0.2, 0) is 21.5 Å². The predicted molar refractivity (Wildman–Crippen MR) is 73.2 cm³/mol. The van der Waals surface area contributed by atoms with Crippen LogP contribution in [0.3, 0.4) is 0 Å². The second kappa shape index (κ2) is 6.01. The van der Waals surface area contributed by atoms with Crippen LogP contribution in [0.25, 0.3) is 0 Å². The molecule has 0 aliphatic heterocycles. The quantitative estimate of drug-likeness (QED) is 0.816. The summed E-state index contributed by atoms with van der Waals surface area (Å²) in [6, 6.07) is 7.87. The van der Waals surface area contributed by atoms with Gasteiger partial charge in [0.05, 0.1) is 6.61 Å². The first-order valence-corrected chi connectivity index (χ1v) is 6.52. The lowest BCUT2D eigenvalue weighted by molar-refractivity contribution is -0.152. The molecule has 2 N–H and O–H groups in total. The first kappa shape index (κ1) is 14.7. The van der Waals surface area contributed by atoms with Crippen LogP contribution in [0.4, 0.5) is 0 Å². The summed E-state index contributed by atoms with van der Waals surface area (Å²) in [5.41, 5.74) is 7.27. The van der Waals surface area contributed by atoms with Gasteiger partial charge in [0.15, 0.2) is 0 Å². The molecule has 0 aliphatic rings. The number of esters is 1. The third-order valence-electron chi connectivity index (χ3n) is 3.34. The minimum atomic E-state index is -1.07. The largest absolute Gasteiger partial charge is 0.464 e. The van der Waals surface area contributed by atoms with E-state index in [1.54, 1.807) is 6.92 Å². The lowest BCUT2D eigenvalue weighted by Crippen LogP contribution is -2.50. The molecule has 1 aromatic rings. The van der Waals surface area contributed by atoms with E-state index < -0.39 is 5.54 Å². The third-order valence-corrected chi connectivity index (χ3v) is 3.34. The van der Waals surface area contributed by atoms with E-state index in [0.29, 0.717) is 6.61 Å². The van der Waals surface area contributed by atoms with Gasteiger partial charge in [-0.15, -0.1) is 0 Å². The number of hydrogen-bond acceptors (Lipinski definition) is 3. The average Bonchev–Trinajstić information content (AvgIpc) is 2.37. The van der Waals surface area contributed by atoms with Gasteiger partial charge in [0.1, 0.15) is 5.54 Å². The van der Waals surface area contributed by atoms with E-state index in [1.165, 1.54) is 5.56 Å². The van der Waals surface area contributed by atoms with E-state index >= 15 is 0 Å². The summed E-state index contributed by atoms with van der Waals surface area (Å²) < 4.78 is 5.13. The van der Waals surface area contributed by atoms with Crippen LogP contribution in [0, 0.1) is 5.92 Å². The van der Waals surface area contributed by atoms with Gasteiger partial charge in [-0.05, 0) is 30.4 Å². The molecule has 0 aliphatic carbocycles. The Morgan fingerprint density at radius 3 is 2.56 bits per heavy atom. The fourth-order valence-electron chi connectivity index (χ4n) is 1.99. The SMILES string of the molecule is CCOC(=O)[C@](N)(c1cccc(CC)c1)C(C)C. The van der Waals surface area contributed by atoms with Crippen molar-refractivity contribution < 1.29 is 9.53 Å². The predicted octanol–water partition coefficient (Wildman–Crippen LogP) is 2.62. The standard InChI is InChI=1S/C15H23NO2/c1-5-12-8-7-9-13(10-12)15(16,11(3)4)14(17)18-6-2/h7-11H,5-6,16H2,1-4H3/t15-/m1/s1. The zero-order valence-electron chi connectivity index (χ0n) is 11.7. The summed E-state index contributed by atoms with van der Waals surface area (Å²) in [5, 5.41) is 0. The molecule has 0 bridgehead atoms. The molecule has 0 unspecified atom stereocenters. The maximum absolute atomic E-state index is 12.2. The molecule has 0 radical (unpaired) electrons. The van der Waals surface area contributed by atoms with Crippen molar-refractivity contribution in [3.8, 4) is 0 Å². The topological polar surface area (TPSA) is 52.3 Å². The van der Waals surface area contributed by atoms with E-state index in [2.05, 4.69) is 6.92 Å². The normalized spacial score (nSPS) is 14.3. The summed E-state index contributed by atoms with van der Waals surface area (Å²) in [4.78, 5) is 12.2. The summed E-state index contributed by atoms with van der Waals surface area (Å²) in [6.07, 6.45) is 0.921. The Kier molecular flexibility index (Phi) is 4.91. The Labute approximate surface area is 109 Å². The van der Waals surface area contributed by atoms with Crippen molar-refractivity contribution in [1.82, 2.24) is 0 Å². The van der Waals surface area contributed by atoms with E-state index in [0.717, 1.165) is 12.0 Å². The van der Waals surface area contributed by atoms with Crippen LogP contribution in [0.1, 0.15) is 38.8 Å². The zero-order chi connectivity index (χ0) is 13.8. The van der Waals surface area contributed by atoms with Gasteiger partial charge in [-0.25, -0.2) is 4.79 Å². The van der Waals surface area contributed by atoms with Gasteiger partial charge in [0, 0.05) is 0 Å². The Morgan fingerprint density at radius 2 is 2.06 bits per heavy atom. The molecule has 3 heteroatoms. The van der Waals surface area contributed by atoms with Crippen molar-refractivity contribution in [3.05, 3.63) is 35.4 Å². The molecule has 18 heavy (non-hydrogen) atoms. The maximum Gasteiger partial charge on any atom is 0.331 e. The lowest BCUT2D eigenvalue weighted by atomic mass is 9.80. The molecule has 1 aromatic carbocycles. The van der Waals surface area contributed by atoms with Gasteiger partial charge in [-0.1, -0.05) is 45.0 Å². The molecular formula is C15H23NO2. The number of ether oxygens (including phenoxy) is 1. The molecular weight excluding hydrogens is 226 g/mol. The van der Waals surface area contributed by atoms with Crippen molar-refractivity contribution in [3.63, 3.8) is 0 Å². The molecule has 1 atom stereocenters. The average molecular weight is 249 g/mol. The van der Waals surface area contributed by atoms with Crippen LogP contribution in [-0.4, -0.2) is 12.6 Å². The highest BCUT2D eigenvalue weighted by molar-refractivity contribution is 5.82. The molecule has 3 nitrogen and oxygen atoms in total. The summed E-state index contributed by atoms with van der Waals surface area (Å²) >= 11 is 0. The van der Waals surface area contributed by atoms with Gasteiger partial charge in [-0.3, -0.25) is 0 Å². The van der Waals surface area contributed by atoms with Crippen molar-refractivity contribution in [2.75, 3.05) is 6.61 Å². The number of nitrogens with two attached hydrogens (primary N) is 1. The maximum atomic E-state index is 12.2. The molecule has 0 spiro atoms. The lowest BCUT2D eigenvalue weighted by Gasteiger charge is -2.31. The number of hydrogen-bond donors (Lipinski definition) is 1. The minimum absolute atomic E-state index is 0.0244. The highest BCUT2D eigenvalue weighted by Gasteiger charge is 2.40. The molecule has 1 rings (SSSR count). The van der Waals surface area contributed by atoms with Crippen LogP contribution in [0.5, 0.6) is 0 Å². The number of carbonyl (C=O) groups excluding carboxylic acids is 1. The summed E-state index contributed by atoms with van der Waals surface area (Å²) in [7, 11) is 0. The smallest absolute Gasteiger partial charge is 0.331 e. The molecule has 100 valence electrons. The number of benzene rings is 1. The molecule has 0 aromatic heterocycles. The van der Waals surface area contributed by atoms with Crippen LogP contribution < -0.4 is 5.73 Å². The number of carbonyl (C=O) groups is 1. The number of aryl methyl sites for hydroxylation is 1. The van der Waals surface area contributed by atoms with E-state index in [1.807, 2.05) is 38.1 Å². The molecule has 0 saturated heterocycles. The fraction of sp³-hybridized carbons (Fsp3) is 0.533. The summed E-state index contributed by atoms with van der Waals surface area (Å²) in [6.45, 7) is 8.10. The minimum Gasteiger partial charge on any atom is -0.464 e. The fourth-order valence-corrected chi connectivity index (χ4v) is 1.99. The monoisotopic (exact) mass is 249 g/mol. The second-order valence-electron chi connectivity index (χ2n) is 4.80. The second-order valence-corrected chi connectivity index (χ2v) is 4.80. The van der Waals surface area contributed by atoms with Gasteiger partial charge in [0.2, 0.25) is 0 Å². The van der Waals surface area contributed by atoms with Crippen LogP contribution >= 0.6 is 0 Å². The van der Waals surface area contributed by atoms with Gasteiger partial charge < -0.3 is 10.5 Å². The Balaban J connectivity index is 3.22. The first-order chi connectivity index (χ1) is 8.46. The Morgan fingerprint density at radius 1 is 1.39 bits per heavy atom. The molecule has 0 heterocycles. The van der Waals surface area contributed by atoms with Gasteiger partial charge >= 0.3 is 5.97 Å². The number of rotatable bonds is 5. The first-order valence-electron chi connectivity index (χ1n) is 6.52. The third kappa shape index (κ3) is 2.72. The molecule has 0 saturated carbocycles. The molecule has 0 amide bonds. The van der Waals surface area contributed by atoms with Gasteiger partial charge in [0.25, 0.3) is 0 Å². The van der Waals surface area contributed by atoms with E-state index in [4.69, 9.17) is 10.5 Å². The van der Waals surface area contributed by atoms with Crippen molar-refractivity contribution in [1.29, 1.82) is 0 Å². The zero-order valence-corrected chi connectivity index (χ0v) is 11.7.